The van der Waals surface area contributed by atoms with Crippen LogP contribution in [0.4, 0.5) is 5.69 Å². The lowest BCUT2D eigenvalue weighted by atomic mass is 9.82. The lowest BCUT2D eigenvalue weighted by molar-refractivity contribution is -0.133. The van der Waals surface area contributed by atoms with Crippen molar-refractivity contribution in [3.05, 3.63) is 60.2 Å². The van der Waals surface area contributed by atoms with Crippen LogP contribution in [-0.4, -0.2) is 43.5 Å². The van der Waals surface area contributed by atoms with Crippen LogP contribution in [-0.2, 0) is 16.0 Å². The van der Waals surface area contributed by atoms with Gasteiger partial charge >= 0.3 is 0 Å². The molecule has 0 saturated carbocycles. The van der Waals surface area contributed by atoms with Gasteiger partial charge in [0.25, 0.3) is 0 Å². The molecule has 2 aromatic rings. The number of benzene rings is 2. The number of amides is 2. The van der Waals surface area contributed by atoms with Crippen molar-refractivity contribution in [2.24, 2.45) is 11.8 Å². The second-order valence-corrected chi connectivity index (χ2v) is 8.05. The molecule has 2 unspecified atom stereocenters. The van der Waals surface area contributed by atoms with E-state index in [0.29, 0.717) is 24.7 Å². The first kappa shape index (κ1) is 19.5. The van der Waals surface area contributed by atoms with Crippen LogP contribution < -0.4 is 9.64 Å². The normalized spacial score (nSPS) is 22.0. The summed E-state index contributed by atoms with van der Waals surface area (Å²) in [6.45, 7) is 2.23. The van der Waals surface area contributed by atoms with E-state index in [2.05, 4.69) is 0 Å². The Kier molecular flexibility index (Phi) is 5.84. The smallest absolute Gasteiger partial charge is 0.227 e. The first-order valence-electron chi connectivity index (χ1n) is 10.4. The summed E-state index contributed by atoms with van der Waals surface area (Å²) >= 11 is 0. The Morgan fingerprint density at radius 2 is 1.72 bits per heavy atom. The van der Waals surface area contributed by atoms with Gasteiger partial charge < -0.3 is 14.5 Å². The molecule has 0 spiro atoms. The summed E-state index contributed by atoms with van der Waals surface area (Å²) in [5.74, 6) is 1.95. The predicted octanol–water partition coefficient (Wildman–Crippen LogP) is 3.53. The number of likely N-dealkylation sites (tertiary alicyclic amines) is 1. The third kappa shape index (κ3) is 4.44. The number of rotatable bonds is 4. The number of carbonyl (C=O) groups is 2. The lowest BCUT2D eigenvalue weighted by Gasteiger charge is -2.37. The molecular formula is C24H28N2O3. The number of para-hydroxylation sites is 1. The van der Waals surface area contributed by atoms with Crippen LogP contribution in [0.3, 0.4) is 0 Å². The average molecular weight is 392 g/mol. The van der Waals surface area contributed by atoms with Gasteiger partial charge in [0.15, 0.2) is 0 Å². The molecule has 5 heteroatoms. The van der Waals surface area contributed by atoms with Gasteiger partial charge in [-0.05, 0) is 54.5 Å². The molecule has 2 aliphatic rings. The Hall–Kier alpha value is -2.82. The first-order chi connectivity index (χ1) is 14.1. The van der Waals surface area contributed by atoms with Crippen LogP contribution in [0.1, 0.15) is 24.8 Å². The SMILES string of the molecule is COc1ccc(CC(=O)N2CCC3CC(=O)N(c4ccccc4)CCC3C2)cc1. The maximum Gasteiger partial charge on any atom is 0.227 e. The van der Waals surface area contributed by atoms with Gasteiger partial charge in [-0.25, -0.2) is 0 Å². The van der Waals surface area contributed by atoms with Crippen molar-refractivity contribution >= 4 is 17.5 Å². The molecule has 5 nitrogen and oxygen atoms in total. The second-order valence-electron chi connectivity index (χ2n) is 8.05. The predicted molar refractivity (Wildman–Crippen MR) is 113 cm³/mol. The average Bonchev–Trinajstić information content (AvgIpc) is 2.92. The highest BCUT2D eigenvalue weighted by molar-refractivity contribution is 5.93. The molecule has 0 N–H and O–H groups in total. The Balaban J connectivity index is 1.38. The Morgan fingerprint density at radius 1 is 1.00 bits per heavy atom. The van der Waals surface area contributed by atoms with Gasteiger partial charge in [0.05, 0.1) is 13.5 Å². The molecule has 4 rings (SSSR count). The number of piperidine rings is 1. The molecule has 2 aromatic carbocycles. The monoisotopic (exact) mass is 392 g/mol. The number of ether oxygens (including phenoxy) is 1. The van der Waals surface area contributed by atoms with Crippen molar-refractivity contribution in [3.63, 3.8) is 0 Å². The van der Waals surface area contributed by atoms with Crippen LogP contribution in [0.2, 0.25) is 0 Å². The van der Waals surface area contributed by atoms with E-state index in [1.807, 2.05) is 64.4 Å². The minimum atomic E-state index is 0.170. The number of anilines is 1. The van der Waals surface area contributed by atoms with Crippen LogP contribution in [0.5, 0.6) is 5.75 Å². The van der Waals surface area contributed by atoms with Gasteiger partial charge in [0, 0.05) is 31.7 Å². The molecule has 0 radical (unpaired) electrons. The topological polar surface area (TPSA) is 49.9 Å². The summed E-state index contributed by atoms with van der Waals surface area (Å²) in [7, 11) is 1.64. The summed E-state index contributed by atoms with van der Waals surface area (Å²) in [6.07, 6.45) is 2.85. The maximum atomic E-state index is 12.8. The maximum absolute atomic E-state index is 12.8. The molecule has 29 heavy (non-hydrogen) atoms. The summed E-state index contributed by atoms with van der Waals surface area (Å²) < 4.78 is 5.18. The van der Waals surface area contributed by atoms with Crippen molar-refractivity contribution in [2.45, 2.75) is 25.7 Å². The van der Waals surface area contributed by atoms with Crippen LogP contribution >= 0.6 is 0 Å². The summed E-state index contributed by atoms with van der Waals surface area (Å²) in [5.41, 5.74) is 1.98. The van der Waals surface area contributed by atoms with Crippen molar-refractivity contribution in [1.82, 2.24) is 4.90 Å². The first-order valence-corrected chi connectivity index (χ1v) is 10.4. The van der Waals surface area contributed by atoms with Gasteiger partial charge in [0.2, 0.25) is 11.8 Å². The third-order valence-corrected chi connectivity index (χ3v) is 6.29. The van der Waals surface area contributed by atoms with E-state index >= 15 is 0 Å². The van der Waals surface area contributed by atoms with Gasteiger partial charge in [-0.15, -0.1) is 0 Å². The molecule has 2 amide bonds. The van der Waals surface area contributed by atoms with Crippen molar-refractivity contribution < 1.29 is 14.3 Å². The summed E-state index contributed by atoms with van der Waals surface area (Å²) in [5, 5.41) is 0. The summed E-state index contributed by atoms with van der Waals surface area (Å²) in [4.78, 5) is 29.6. The lowest BCUT2D eigenvalue weighted by Crippen LogP contribution is -2.44. The zero-order valence-electron chi connectivity index (χ0n) is 16.9. The summed E-state index contributed by atoms with van der Waals surface area (Å²) in [6, 6.07) is 17.6. The van der Waals surface area contributed by atoms with Crippen LogP contribution in [0.15, 0.2) is 54.6 Å². The molecule has 0 aliphatic carbocycles. The molecule has 152 valence electrons. The van der Waals surface area contributed by atoms with E-state index in [1.165, 1.54) is 0 Å². The van der Waals surface area contributed by atoms with Crippen molar-refractivity contribution in [1.29, 1.82) is 0 Å². The highest BCUT2D eigenvalue weighted by Gasteiger charge is 2.36. The minimum absolute atomic E-state index is 0.170. The standard InChI is InChI=1S/C24H28N2O3/c1-29-22-9-7-18(8-10-22)15-23(27)25-13-11-19-16-24(28)26(14-12-20(19)17-25)21-5-3-2-4-6-21/h2-10,19-20H,11-17H2,1H3. The largest absolute Gasteiger partial charge is 0.497 e. The third-order valence-electron chi connectivity index (χ3n) is 6.29. The van der Waals surface area contributed by atoms with Crippen molar-refractivity contribution in [3.8, 4) is 5.75 Å². The van der Waals surface area contributed by atoms with E-state index in [-0.39, 0.29) is 11.8 Å². The minimum Gasteiger partial charge on any atom is -0.497 e. The highest BCUT2D eigenvalue weighted by atomic mass is 16.5. The van der Waals surface area contributed by atoms with Gasteiger partial charge in [0.1, 0.15) is 5.75 Å². The van der Waals surface area contributed by atoms with Gasteiger partial charge in [-0.2, -0.15) is 0 Å². The molecule has 0 aromatic heterocycles. The Labute approximate surface area is 172 Å². The number of methoxy groups -OCH3 is 1. The zero-order chi connectivity index (χ0) is 20.2. The number of carbonyl (C=O) groups excluding carboxylic acids is 2. The fraction of sp³-hybridized carbons (Fsp3) is 0.417. The van der Waals surface area contributed by atoms with E-state index < -0.39 is 0 Å². The molecule has 2 saturated heterocycles. The van der Waals surface area contributed by atoms with Gasteiger partial charge in [-0.3, -0.25) is 9.59 Å². The van der Waals surface area contributed by atoms with E-state index in [0.717, 1.165) is 49.5 Å². The van der Waals surface area contributed by atoms with E-state index in [9.17, 15) is 9.59 Å². The van der Waals surface area contributed by atoms with Gasteiger partial charge in [-0.1, -0.05) is 30.3 Å². The van der Waals surface area contributed by atoms with Crippen LogP contribution in [0, 0.1) is 11.8 Å². The van der Waals surface area contributed by atoms with Crippen molar-refractivity contribution in [2.75, 3.05) is 31.6 Å². The number of fused-ring (bicyclic) bond motifs is 1. The number of nitrogens with zero attached hydrogens (tertiary/aromatic N) is 2. The molecule has 2 fully saturated rings. The molecule has 2 atom stereocenters. The second kappa shape index (κ2) is 8.68. The molecule has 2 aliphatic heterocycles. The zero-order valence-corrected chi connectivity index (χ0v) is 16.9. The molecule has 2 heterocycles. The highest BCUT2D eigenvalue weighted by Crippen LogP contribution is 2.34. The fourth-order valence-electron chi connectivity index (χ4n) is 4.57. The van der Waals surface area contributed by atoms with E-state index in [4.69, 9.17) is 4.74 Å². The molecule has 0 bridgehead atoms. The Morgan fingerprint density at radius 3 is 2.45 bits per heavy atom. The number of hydrogen-bond donors (Lipinski definition) is 0. The quantitative estimate of drug-likeness (QED) is 0.800. The fourth-order valence-corrected chi connectivity index (χ4v) is 4.57. The van der Waals surface area contributed by atoms with E-state index in [1.54, 1.807) is 7.11 Å². The Bertz CT molecular complexity index is 850. The van der Waals surface area contributed by atoms with Crippen LogP contribution in [0.25, 0.3) is 0 Å². The number of hydrogen-bond acceptors (Lipinski definition) is 3. The molecular weight excluding hydrogens is 364 g/mol.